The van der Waals surface area contributed by atoms with Gasteiger partial charge in [0.25, 0.3) is 0 Å². The summed E-state index contributed by atoms with van der Waals surface area (Å²) in [5, 5.41) is 9.88. The van der Waals surface area contributed by atoms with Crippen molar-refractivity contribution in [3.05, 3.63) is 34.9 Å². The van der Waals surface area contributed by atoms with Gasteiger partial charge >= 0.3 is 0 Å². The molecule has 0 amide bonds. The average molecular weight is 176 g/mol. The van der Waals surface area contributed by atoms with Crippen molar-refractivity contribution >= 4 is 0 Å². The summed E-state index contributed by atoms with van der Waals surface area (Å²) >= 11 is 0. The summed E-state index contributed by atoms with van der Waals surface area (Å²) in [6.45, 7) is 4.20. The maximum Gasteiger partial charge on any atom is 0.0818 e. The van der Waals surface area contributed by atoms with Gasteiger partial charge in [0.2, 0.25) is 0 Å². The van der Waals surface area contributed by atoms with Gasteiger partial charge in [-0.15, -0.1) is 0 Å². The van der Waals surface area contributed by atoms with Gasteiger partial charge in [-0.25, -0.2) is 0 Å². The summed E-state index contributed by atoms with van der Waals surface area (Å²) in [4.78, 5) is 0. The molecular weight excluding hydrogens is 160 g/mol. The first kappa shape index (κ1) is 8.76. The summed E-state index contributed by atoms with van der Waals surface area (Å²) in [6, 6.07) is 6.25. The van der Waals surface area contributed by atoms with Gasteiger partial charge in [0.15, 0.2) is 0 Å². The van der Waals surface area contributed by atoms with Crippen molar-refractivity contribution in [1.82, 2.24) is 0 Å². The van der Waals surface area contributed by atoms with Gasteiger partial charge in [-0.1, -0.05) is 18.2 Å². The lowest BCUT2D eigenvalue weighted by atomic mass is 10.0. The first-order chi connectivity index (χ1) is 6.18. The molecule has 1 fully saturated rings. The van der Waals surface area contributed by atoms with Crippen LogP contribution in [0.5, 0.6) is 0 Å². The van der Waals surface area contributed by atoms with Gasteiger partial charge in [-0.2, -0.15) is 0 Å². The van der Waals surface area contributed by atoms with Crippen LogP contribution in [0, 0.1) is 19.8 Å². The molecule has 0 radical (unpaired) electrons. The van der Waals surface area contributed by atoms with Crippen molar-refractivity contribution in [2.45, 2.75) is 32.8 Å². The Morgan fingerprint density at radius 2 is 1.92 bits per heavy atom. The standard InChI is InChI=1S/C12H16O/c1-8-3-4-11(7-9(8)2)12(13)10-5-6-10/h3-4,7,10,12-13H,5-6H2,1-2H3. The van der Waals surface area contributed by atoms with E-state index in [1.165, 1.54) is 24.0 Å². The van der Waals surface area contributed by atoms with E-state index >= 15 is 0 Å². The average Bonchev–Trinajstić information content (AvgIpc) is 2.91. The smallest absolute Gasteiger partial charge is 0.0818 e. The van der Waals surface area contributed by atoms with Crippen LogP contribution in [0.2, 0.25) is 0 Å². The first-order valence-corrected chi connectivity index (χ1v) is 4.93. The summed E-state index contributed by atoms with van der Waals surface area (Å²) in [7, 11) is 0. The van der Waals surface area contributed by atoms with Crippen LogP contribution in [-0.4, -0.2) is 5.11 Å². The molecule has 0 aliphatic heterocycles. The fraction of sp³-hybridized carbons (Fsp3) is 0.500. The van der Waals surface area contributed by atoms with Crippen LogP contribution < -0.4 is 0 Å². The quantitative estimate of drug-likeness (QED) is 0.734. The zero-order valence-electron chi connectivity index (χ0n) is 8.25. The number of hydrogen-bond donors (Lipinski definition) is 1. The molecule has 1 saturated carbocycles. The molecule has 70 valence electrons. The molecular formula is C12H16O. The van der Waals surface area contributed by atoms with E-state index in [0.29, 0.717) is 5.92 Å². The second-order valence-corrected chi connectivity index (χ2v) is 4.13. The Kier molecular flexibility index (Phi) is 2.12. The molecule has 0 saturated heterocycles. The summed E-state index contributed by atoms with van der Waals surface area (Å²) in [5.74, 6) is 0.530. The lowest BCUT2D eigenvalue weighted by Gasteiger charge is -2.11. The van der Waals surface area contributed by atoms with Crippen molar-refractivity contribution in [1.29, 1.82) is 0 Å². The van der Waals surface area contributed by atoms with Gasteiger partial charge in [0.1, 0.15) is 0 Å². The van der Waals surface area contributed by atoms with Gasteiger partial charge in [0.05, 0.1) is 6.10 Å². The van der Waals surface area contributed by atoms with Crippen LogP contribution in [0.3, 0.4) is 0 Å². The van der Waals surface area contributed by atoms with Crippen molar-refractivity contribution in [2.75, 3.05) is 0 Å². The van der Waals surface area contributed by atoms with Crippen LogP contribution in [0.25, 0.3) is 0 Å². The van der Waals surface area contributed by atoms with E-state index in [1.807, 2.05) is 6.07 Å². The highest BCUT2D eigenvalue weighted by atomic mass is 16.3. The molecule has 1 heteroatoms. The maximum atomic E-state index is 9.88. The fourth-order valence-electron chi connectivity index (χ4n) is 1.63. The zero-order valence-corrected chi connectivity index (χ0v) is 8.25. The minimum atomic E-state index is -0.223. The molecule has 0 aromatic heterocycles. The van der Waals surface area contributed by atoms with Crippen LogP contribution in [0.4, 0.5) is 0 Å². The van der Waals surface area contributed by atoms with Crippen molar-refractivity contribution in [3.8, 4) is 0 Å². The Balaban J connectivity index is 2.24. The highest BCUT2D eigenvalue weighted by Gasteiger charge is 2.30. The molecule has 1 unspecified atom stereocenters. The topological polar surface area (TPSA) is 20.2 Å². The maximum absolute atomic E-state index is 9.88. The van der Waals surface area contributed by atoms with Crippen molar-refractivity contribution in [2.24, 2.45) is 5.92 Å². The number of hydrogen-bond acceptors (Lipinski definition) is 1. The van der Waals surface area contributed by atoms with Gasteiger partial charge < -0.3 is 5.11 Å². The fourth-order valence-corrected chi connectivity index (χ4v) is 1.63. The van der Waals surface area contributed by atoms with E-state index in [1.54, 1.807) is 0 Å². The third-order valence-electron chi connectivity index (χ3n) is 2.94. The van der Waals surface area contributed by atoms with Crippen LogP contribution in [0.15, 0.2) is 18.2 Å². The van der Waals surface area contributed by atoms with Crippen LogP contribution >= 0.6 is 0 Å². The van der Waals surface area contributed by atoms with Crippen molar-refractivity contribution < 1.29 is 5.11 Å². The van der Waals surface area contributed by atoms with Gasteiger partial charge in [0, 0.05) is 0 Å². The monoisotopic (exact) mass is 176 g/mol. The number of aliphatic hydroxyl groups is 1. The molecule has 0 bridgehead atoms. The molecule has 1 aliphatic carbocycles. The summed E-state index contributed by atoms with van der Waals surface area (Å²) in [6.07, 6.45) is 2.15. The lowest BCUT2D eigenvalue weighted by Crippen LogP contribution is -2.00. The Hall–Kier alpha value is -0.820. The molecule has 1 atom stereocenters. The number of benzene rings is 1. The second kappa shape index (κ2) is 3.15. The van der Waals surface area contributed by atoms with Crippen molar-refractivity contribution in [3.63, 3.8) is 0 Å². The number of aryl methyl sites for hydroxylation is 2. The SMILES string of the molecule is Cc1ccc(C(O)C2CC2)cc1C. The lowest BCUT2D eigenvalue weighted by molar-refractivity contribution is 0.154. The van der Waals surface area contributed by atoms with E-state index in [4.69, 9.17) is 0 Å². The molecule has 1 nitrogen and oxygen atoms in total. The molecule has 0 heterocycles. The third-order valence-corrected chi connectivity index (χ3v) is 2.94. The molecule has 1 aromatic rings. The van der Waals surface area contributed by atoms with Crippen LogP contribution in [-0.2, 0) is 0 Å². The van der Waals surface area contributed by atoms with Gasteiger partial charge in [-0.05, 0) is 49.3 Å². The molecule has 2 rings (SSSR count). The van der Waals surface area contributed by atoms with Gasteiger partial charge in [-0.3, -0.25) is 0 Å². The largest absolute Gasteiger partial charge is 0.388 e. The molecule has 1 aromatic carbocycles. The molecule has 0 spiro atoms. The Bertz CT molecular complexity index is 313. The molecule has 1 aliphatic rings. The molecule has 13 heavy (non-hydrogen) atoms. The van der Waals surface area contributed by atoms with E-state index < -0.39 is 0 Å². The van der Waals surface area contributed by atoms with E-state index in [2.05, 4.69) is 26.0 Å². The highest BCUT2D eigenvalue weighted by Crippen LogP contribution is 2.41. The van der Waals surface area contributed by atoms with E-state index in [-0.39, 0.29) is 6.10 Å². The third kappa shape index (κ3) is 1.75. The Morgan fingerprint density at radius 3 is 2.46 bits per heavy atom. The number of rotatable bonds is 2. The van der Waals surface area contributed by atoms with Crippen LogP contribution in [0.1, 0.15) is 35.6 Å². The van der Waals surface area contributed by atoms with E-state index in [0.717, 1.165) is 5.56 Å². The Labute approximate surface area is 79.4 Å². The zero-order chi connectivity index (χ0) is 9.42. The van der Waals surface area contributed by atoms with E-state index in [9.17, 15) is 5.11 Å². The predicted octanol–water partition coefficient (Wildman–Crippen LogP) is 2.75. The Morgan fingerprint density at radius 1 is 1.23 bits per heavy atom. The number of aliphatic hydroxyl groups excluding tert-OH is 1. The summed E-state index contributed by atoms with van der Waals surface area (Å²) < 4.78 is 0. The minimum Gasteiger partial charge on any atom is -0.388 e. The second-order valence-electron chi connectivity index (χ2n) is 4.13. The molecule has 1 N–H and O–H groups in total. The minimum absolute atomic E-state index is 0.223. The predicted molar refractivity (Wildman–Crippen MR) is 53.6 cm³/mol. The first-order valence-electron chi connectivity index (χ1n) is 4.93. The normalized spacial score (nSPS) is 18.7. The highest BCUT2D eigenvalue weighted by molar-refractivity contribution is 5.31. The summed E-state index contributed by atoms with van der Waals surface area (Å²) in [5.41, 5.74) is 3.66.